The van der Waals surface area contributed by atoms with Crippen molar-refractivity contribution >= 4 is 23.5 Å². The molecule has 2 saturated heterocycles. The highest BCUT2D eigenvalue weighted by molar-refractivity contribution is 5.94. The van der Waals surface area contributed by atoms with E-state index in [4.69, 9.17) is 9.47 Å². The molecule has 196 valence electrons. The molecule has 2 unspecified atom stereocenters. The summed E-state index contributed by atoms with van der Waals surface area (Å²) >= 11 is 0. The number of hydrogen-bond donors (Lipinski definition) is 1. The van der Waals surface area contributed by atoms with E-state index in [1.54, 1.807) is 0 Å². The van der Waals surface area contributed by atoms with E-state index in [-0.39, 0.29) is 60.4 Å². The molecule has 6 fully saturated rings. The smallest absolute Gasteiger partial charge is 0.334 e. The number of aliphatic hydroxyl groups is 1. The van der Waals surface area contributed by atoms with Gasteiger partial charge >= 0.3 is 11.9 Å². The highest BCUT2D eigenvalue weighted by Crippen LogP contribution is 2.56. The Kier molecular flexibility index (Phi) is 5.54. The Balaban J connectivity index is 1.30. The van der Waals surface area contributed by atoms with Gasteiger partial charge in [0.1, 0.15) is 23.6 Å². The number of carbonyl (C=O) groups is 4. The quantitative estimate of drug-likeness (QED) is 0.355. The molecule has 4 aliphatic carbocycles. The number of rotatable bonds is 3. The van der Waals surface area contributed by atoms with Crippen molar-refractivity contribution in [1.29, 1.82) is 0 Å². The Labute approximate surface area is 216 Å². The first-order valence-corrected chi connectivity index (χ1v) is 13.5. The molecule has 37 heavy (non-hydrogen) atoms. The molecule has 2 aliphatic heterocycles. The van der Waals surface area contributed by atoms with E-state index >= 15 is 0 Å². The number of allylic oxidation sites excluding steroid dienone is 2. The molecule has 0 aromatic carbocycles. The molecule has 6 aliphatic rings. The van der Waals surface area contributed by atoms with Gasteiger partial charge in [0, 0.05) is 53.6 Å². The number of ether oxygens (including phenoxy) is 2. The van der Waals surface area contributed by atoms with E-state index in [1.165, 1.54) is 0 Å². The first-order chi connectivity index (χ1) is 17.5. The molecule has 0 bridgehead atoms. The van der Waals surface area contributed by atoms with Gasteiger partial charge in [-0.25, -0.2) is 9.59 Å². The molecule has 2 heterocycles. The largest absolute Gasteiger partial charge is 0.458 e. The number of esters is 2. The summed E-state index contributed by atoms with van der Waals surface area (Å²) in [6.07, 6.45) is 2.49. The number of fused-ring (bicyclic) bond motifs is 6. The van der Waals surface area contributed by atoms with Gasteiger partial charge in [-0.1, -0.05) is 37.5 Å². The lowest BCUT2D eigenvalue weighted by atomic mass is 9.71. The SMILES string of the molecule is C=C1CC[C@H]2C(=C)C(=O)O[C@@H]2C2[C@H]1CC(=O)[C@]2(O)CCC1C(=O)C[C@H]2C(=C)CC[C@H]3C(=C)C(=O)O[C@@H]3[C@@H]12. The number of ketones is 2. The normalized spacial score (nSPS) is 45.2. The van der Waals surface area contributed by atoms with Gasteiger partial charge in [0.05, 0.1) is 0 Å². The molecule has 1 N–H and O–H groups in total. The van der Waals surface area contributed by atoms with Gasteiger partial charge < -0.3 is 14.6 Å². The van der Waals surface area contributed by atoms with Gasteiger partial charge in [-0.15, -0.1) is 0 Å². The lowest BCUT2D eigenvalue weighted by molar-refractivity contribution is -0.155. The van der Waals surface area contributed by atoms with Crippen molar-refractivity contribution in [2.24, 2.45) is 41.4 Å². The molecule has 7 nitrogen and oxygen atoms in total. The zero-order valence-corrected chi connectivity index (χ0v) is 21.1. The Morgan fingerprint density at radius 2 is 1.35 bits per heavy atom. The lowest BCUT2D eigenvalue weighted by Crippen LogP contribution is -2.48. The van der Waals surface area contributed by atoms with Crippen LogP contribution in [0.15, 0.2) is 48.6 Å². The molecule has 0 aromatic heterocycles. The molecule has 0 aromatic rings. The summed E-state index contributed by atoms with van der Waals surface area (Å²) in [5.41, 5.74) is 0.995. The zero-order valence-electron chi connectivity index (χ0n) is 21.1. The molecular formula is C30H34O7. The van der Waals surface area contributed by atoms with Crippen LogP contribution in [0, 0.1) is 41.4 Å². The third-order valence-electron chi connectivity index (χ3n) is 10.5. The summed E-state index contributed by atoms with van der Waals surface area (Å²) in [4.78, 5) is 51.5. The number of carbonyl (C=O) groups excluding carboxylic acids is 4. The Bertz CT molecular complexity index is 1180. The minimum absolute atomic E-state index is 0.0554. The van der Waals surface area contributed by atoms with Crippen LogP contribution in [-0.2, 0) is 28.7 Å². The van der Waals surface area contributed by atoms with Crippen molar-refractivity contribution in [2.75, 3.05) is 0 Å². The van der Waals surface area contributed by atoms with Crippen molar-refractivity contribution in [3.05, 3.63) is 48.6 Å². The van der Waals surface area contributed by atoms with Crippen LogP contribution < -0.4 is 0 Å². The first kappa shape index (κ1) is 24.5. The van der Waals surface area contributed by atoms with Crippen LogP contribution in [0.25, 0.3) is 0 Å². The zero-order chi connectivity index (χ0) is 26.4. The molecule has 7 heteroatoms. The molecule has 4 saturated carbocycles. The first-order valence-electron chi connectivity index (χ1n) is 13.5. The molecule has 10 atom stereocenters. The van der Waals surface area contributed by atoms with E-state index in [9.17, 15) is 24.3 Å². The van der Waals surface area contributed by atoms with Crippen LogP contribution in [0.2, 0.25) is 0 Å². The second-order valence-electron chi connectivity index (χ2n) is 12.1. The highest BCUT2D eigenvalue weighted by Gasteiger charge is 2.63. The van der Waals surface area contributed by atoms with Crippen molar-refractivity contribution in [3.8, 4) is 0 Å². The maximum absolute atomic E-state index is 13.4. The number of hydrogen-bond acceptors (Lipinski definition) is 7. The second-order valence-corrected chi connectivity index (χ2v) is 12.1. The third kappa shape index (κ3) is 3.42. The van der Waals surface area contributed by atoms with Crippen molar-refractivity contribution in [1.82, 2.24) is 0 Å². The third-order valence-corrected chi connectivity index (χ3v) is 10.5. The minimum atomic E-state index is -1.73. The maximum atomic E-state index is 13.4. The van der Waals surface area contributed by atoms with E-state index in [0.717, 1.165) is 11.1 Å². The molecule has 0 amide bonds. The average molecular weight is 507 g/mol. The number of Topliss-reactive ketones (excluding diaryl/α,β-unsaturated/α-hetero) is 2. The van der Waals surface area contributed by atoms with Crippen LogP contribution >= 0.6 is 0 Å². The fraction of sp³-hybridized carbons (Fsp3) is 0.600. The van der Waals surface area contributed by atoms with Gasteiger partial charge in [0.25, 0.3) is 0 Å². The van der Waals surface area contributed by atoms with Crippen molar-refractivity contribution < 1.29 is 33.8 Å². The summed E-state index contributed by atoms with van der Waals surface area (Å²) in [5, 5.41) is 12.0. The van der Waals surface area contributed by atoms with Gasteiger partial charge in [0.2, 0.25) is 0 Å². The monoisotopic (exact) mass is 506 g/mol. The summed E-state index contributed by atoms with van der Waals surface area (Å²) in [6.45, 7) is 16.3. The second kappa shape index (κ2) is 8.35. The van der Waals surface area contributed by atoms with Gasteiger partial charge in [-0.05, 0) is 50.4 Å². The van der Waals surface area contributed by atoms with Crippen LogP contribution in [0.3, 0.4) is 0 Å². The predicted molar refractivity (Wildman–Crippen MR) is 133 cm³/mol. The fourth-order valence-corrected chi connectivity index (χ4v) is 8.49. The van der Waals surface area contributed by atoms with Crippen molar-refractivity contribution in [2.45, 2.75) is 69.2 Å². The molecule has 0 radical (unpaired) electrons. The topological polar surface area (TPSA) is 107 Å². The van der Waals surface area contributed by atoms with Gasteiger partial charge in [0.15, 0.2) is 5.78 Å². The summed E-state index contributed by atoms with van der Waals surface area (Å²) < 4.78 is 11.5. The molecular weight excluding hydrogens is 472 g/mol. The van der Waals surface area contributed by atoms with Crippen LogP contribution in [0.5, 0.6) is 0 Å². The Morgan fingerprint density at radius 1 is 0.784 bits per heavy atom. The van der Waals surface area contributed by atoms with E-state index < -0.39 is 41.6 Å². The van der Waals surface area contributed by atoms with Crippen LogP contribution in [0.4, 0.5) is 0 Å². The Hall–Kier alpha value is -2.80. The maximum Gasteiger partial charge on any atom is 0.334 e. The van der Waals surface area contributed by atoms with Crippen molar-refractivity contribution in [3.63, 3.8) is 0 Å². The molecule has 6 rings (SSSR count). The summed E-state index contributed by atoms with van der Waals surface area (Å²) in [6, 6.07) is 0. The molecule has 0 spiro atoms. The van der Waals surface area contributed by atoms with Crippen LogP contribution in [0.1, 0.15) is 51.4 Å². The summed E-state index contributed by atoms with van der Waals surface area (Å²) in [7, 11) is 0. The Morgan fingerprint density at radius 3 is 2.00 bits per heavy atom. The average Bonchev–Trinajstić information content (AvgIpc) is 3.45. The van der Waals surface area contributed by atoms with Crippen LogP contribution in [-0.4, -0.2) is 46.4 Å². The minimum Gasteiger partial charge on any atom is -0.458 e. The van der Waals surface area contributed by atoms with E-state index in [2.05, 4.69) is 26.3 Å². The van der Waals surface area contributed by atoms with Gasteiger partial charge in [-0.2, -0.15) is 0 Å². The lowest BCUT2D eigenvalue weighted by Gasteiger charge is -2.37. The highest BCUT2D eigenvalue weighted by atomic mass is 16.6. The van der Waals surface area contributed by atoms with Gasteiger partial charge in [-0.3, -0.25) is 9.59 Å². The fourth-order valence-electron chi connectivity index (χ4n) is 8.49. The van der Waals surface area contributed by atoms with E-state index in [1.807, 2.05) is 0 Å². The summed E-state index contributed by atoms with van der Waals surface area (Å²) in [5.74, 6) is -3.21. The van der Waals surface area contributed by atoms with E-state index in [0.29, 0.717) is 43.3 Å². The standard InChI is InChI=1S/C30H34O7/c1-13-5-7-17-15(3)28(33)36-26(17)24-19(22(31)11-20(13)24)9-10-30(35)23(32)12-21-14(2)6-8-18-16(4)29(34)37-27(18)25(21)30/h17-21,24-27,35H,1-12H2/t17-,18-,19?,20-,21-,24-,25?,26-,27-,30+/m0/s1. The predicted octanol–water partition coefficient (Wildman–Crippen LogP) is 3.42.